The van der Waals surface area contributed by atoms with Gasteiger partial charge < -0.3 is 10.1 Å². The lowest BCUT2D eigenvalue weighted by molar-refractivity contribution is 0.0602. The van der Waals surface area contributed by atoms with E-state index in [0.29, 0.717) is 0 Å². The highest BCUT2D eigenvalue weighted by Crippen LogP contribution is 2.21. The fraction of sp³-hybridized carbons (Fsp3) is 0.0714. The van der Waals surface area contributed by atoms with E-state index in [9.17, 15) is 14.0 Å². The van der Waals surface area contributed by atoms with Crippen molar-refractivity contribution in [2.45, 2.75) is 0 Å². The molecule has 108 valence electrons. The predicted molar refractivity (Wildman–Crippen MR) is 74.9 cm³/mol. The van der Waals surface area contributed by atoms with Crippen molar-refractivity contribution in [1.82, 2.24) is 4.98 Å². The van der Waals surface area contributed by atoms with Crippen LogP contribution in [0.2, 0.25) is 5.02 Å². The van der Waals surface area contributed by atoms with Crippen LogP contribution in [-0.4, -0.2) is 24.0 Å². The first-order valence-corrected chi connectivity index (χ1v) is 6.19. The highest BCUT2D eigenvalue weighted by atomic mass is 35.5. The Labute approximate surface area is 124 Å². The number of rotatable bonds is 3. The molecule has 0 unspecified atom stereocenters. The van der Waals surface area contributed by atoms with Gasteiger partial charge in [0.15, 0.2) is 0 Å². The number of aromatic nitrogens is 1. The molecule has 1 aromatic carbocycles. The summed E-state index contributed by atoms with van der Waals surface area (Å²) in [5.74, 6) is -1.87. The summed E-state index contributed by atoms with van der Waals surface area (Å²) in [4.78, 5) is 27.5. The first-order chi connectivity index (χ1) is 10.0. The number of benzene rings is 1. The second-order valence-corrected chi connectivity index (χ2v) is 4.40. The topological polar surface area (TPSA) is 68.3 Å². The lowest BCUT2D eigenvalue weighted by Crippen LogP contribution is -2.16. The molecule has 7 heteroatoms. The Morgan fingerprint density at radius 3 is 2.71 bits per heavy atom. The van der Waals surface area contributed by atoms with Crippen LogP contribution in [0.3, 0.4) is 0 Å². The molecule has 0 fully saturated rings. The summed E-state index contributed by atoms with van der Waals surface area (Å²) in [5.41, 5.74) is 0.198. The van der Waals surface area contributed by atoms with Gasteiger partial charge in [-0.25, -0.2) is 9.18 Å². The summed E-state index contributed by atoms with van der Waals surface area (Å²) in [6.07, 6.45) is 2.71. The fourth-order valence-corrected chi connectivity index (χ4v) is 1.86. The zero-order valence-electron chi connectivity index (χ0n) is 10.9. The van der Waals surface area contributed by atoms with Gasteiger partial charge in [0, 0.05) is 12.4 Å². The van der Waals surface area contributed by atoms with Crippen molar-refractivity contribution in [2.24, 2.45) is 0 Å². The second kappa shape index (κ2) is 6.32. The largest absolute Gasteiger partial charge is 0.465 e. The van der Waals surface area contributed by atoms with Gasteiger partial charge in [-0.3, -0.25) is 9.78 Å². The van der Waals surface area contributed by atoms with Crippen LogP contribution in [0, 0.1) is 5.82 Å². The van der Waals surface area contributed by atoms with Gasteiger partial charge >= 0.3 is 5.97 Å². The van der Waals surface area contributed by atoms with Crippen LogP contribution in [0.25, 0.3) is 0 Å². The van der Waals surface area contributed by atoms with Crippen molar-refractivity contribution in [1.29, 1.82) is 0 Å². The van der Waals surface area contributed by atoms with Gasteiger partial charge in [-0.05, 0) is 24.3 Å². The summed E-state index contributed by atoms with van der Waals surface area (Å²) < 4.78 is 17.9. The number of pyridine rings is 1. The number of nitrogens with one attached hydrogen (secondary N) is 1. The molecule has 0 saturated heterocycles. The SMILES string of the molecule is COC(=O)c1ccc(F)cc1NC(=O)c1ccncc1Cl. The molecule has 1 N–H and O–H groups in total. The Hall–Kier alpha value is -2.47. The fourth-order valence-electron chi connectivity index (χ4n) is 1.66. The van der Waals surface area contributed by atoms with E-state index in [1.807, 2.05) is 0 Å². The van der Waals surface area contributed by atoms with Crippen LogP contribution in [-0.2, 0) is 4.74 Å². The lowest BCUT2D eigenvalue weighted by Gasteiger charge is -2.10. The molecule has 5 nitrogen and oxygen atoms in total. The molecule has 2 rings (SSSR count). The number of amides is 1. The Morgan fingerprint density at radius 1 is 1.29 bits per heavy atom. The first kappa shape index (κ1) is 14.9. The van der Waals surface area contributed by atoms with E-state index in [2.05, 4.69) is 15.0 Å². The van der Waals surface area contributed by atoms with Crippen LogP contribution in [0.1, 0.15) is 20.7 Å². The third-order valence-corrected chi connectivity index (χ3v) is 2.95. The standard InChI is InChI=1S/C14H10ClFN2O3/c1-21-14(20)10-3-2-8(16)6-12(10)18-13(19)9-4-5-17-7-11(9)15/h2-7H,1H3,(H,18,19). The summed E-state index contributed by atoms with van der Waals surface area (Å²) >= 11 is 5.86. The number of methoxy groups -OCH3 is 1. The maximum absolute atomic E-state index is 13.3. The Bertz CT molecular complexity index is 706. The Morgan fingerprint density at radius 2 is 2.05 bits per heavy atom. The molecule has 0 atom stereocenters. The third kappa shape index (κ3) is 3.35. The first-order valence-electron chi connectivity index (χ1n) is 5.81. The van der Waals surface area contributed by atoms with E-state index >= 15 is 0 Å². The lowest BCUT2D eigenvalue weighted by atomic mass is 10.1. The van der Waals surface area contributed by atoms with Gasteiger partial charge in [0.1, 0.15) is 5.82 Å². The van der Waals surface area contributed by atoms with Crippen molar-refractivity contribution in [3.63, 3.8) is 0 Å². The normalized spacial score (nSPS) is 10.0. The smallest absolute Gasteiger partial charge is 0.339 e. The number of anilines is 1. The maximum Gasteiger partial charge on any atom is 0.339 e. The number of nitrogens with zero attached hydrogens (tertiary/aromatic N) is 1. The van der Waals surface area contributed by atoms with Crippen molar-refractivity contribution < 1.29 is 18.7 Å². The average Bonchev–Trinajstić information content (AvgIpc) is 2.47. The minimum absolute atomic E-state index is 0.000251. The van der Waals surface area contributed by atoms with E-state index in [1.54, 1.807) is 0 Å². The monoisotopic (exact) mass is 308 g/mol. The molecule has 21 heavy (non-hydrogen) atoms. The molecule has 0 aliphatic heterocycles. The van der Waals surface area contributed by atoms with Crippen LogP contribution in [0.15, 0.2) is 36.7 Å². The minimum Gasteiger partial charge on any atom is -0.465 e. The van der Waals surface area contributed by atoms with Crippen molar-refractivity contribution in [3.05, 3.63) is 58.6 Å². The molecule has 1 aromatic heterocycles. The summed E-state index contributed by atoms with van der Waals surface area (Å²) in [5, 5.41) is 2.58. The molecule has 1 heterocycles. The van der Waals surface area contributed by atoms with Crippen molar-refractivity contribution in [3.8, 4) is 0 Å². The highest BCUT2D eigenvalue weighted by molar-refractivity contribution is 6.34. The van der Waals surface area contributed by atoms with Gasteiger partial charge in [0.05, 0.1) is 28.9 Å². The molecular weight excluding hydrogens is 299 g/mol. The van der Waals surface area contributed by atoms with Crippen LogP contribution >= 0.6 is 11.6 Å². The number of hydrogen-bond donors (Lipinski definition) is 1. The predicted octanol–water partition coefficient (Wildman–Crippen LogP) is 2.91. The van der Waals surface area contributed by atoms with E-state index in [1.165, 1.54) is 31.6 Å². The molecule has 0 radical (unpaired) electrons. The highest BCUT2D eigenvalue weighted by Gasteiger charge is 2.17. The van der Waals surface area contributed by atoms with Gasteiger partial charge in [0.2, 0.25) is 0 Å². The summed E-state index contributed by atoms with van der Waals surface area (Å²) in [6, 6.07) is 4.76. The van der Waals surface area contributed by atoms with Gasteiger partial charge in [-0.15, -0.1) is 0 Å². The molecule has 2 aromatic rings. The van der Waals surface area contributed by atoms with Crippen LogP contribution in [0.4, 0.5) is 10.1 Å². The quantitative estimate of drug-likeness (QED) is 0.885. The van der Waals surface area contributed by atoms with E-state index in [-0.39, 0.29) is 21.8 Å². The second-order valence-electron chi connectivity index (χ2n) is 3.99. The van der Waals surface area contributed by atoms with Crippen molar-refractivity contribution >= 4 is 29.2 Å². The Balaban J connectivity index is 2.35. The molecule has 0 aliphatic carbocycles. The number of halogens is 2. The maximum atomic E-state index is 13.3. The van der Waals surface area contributed by atoms with Gasteiger partial charge in [0.25, 0.3) is 5.91 Å². The van der Waals surface area contributed by atoms with Gasteiger partial charge in [-0.2, -0.15) is 0 Å². The molecule has 0 spiro atoms. The molecule has 1 amide bonds. The van der Waals surface area contributed by atoms with E-state index in [0.717, 1.165) is 12.1 Å². The number of hydrogen-bond acceptors (Lipinski definition) is 4. The van der Waals surface area contributed by atoms with Gasteiger partial charge in [-0.1, -0.05) is 11.6 Å². The zero-order valence-corrected chi connectivity index (χ0v) is 11.6. The van der Waals surface area contributed by atoms with E-state index < -0.39 is 17.7 Å². The Kier molecular flexibility index (Phi) is 4.49. The third-order valence-electron chi connectivity index (χ3n) is 2.65. The molecule has 0 bridgehead atoms. The number of ether oxygens (including phenoxy) is 1. The molecular formula is C14H10ClFN2O3. The average molecular weight is 309 g/mol. The molecule has 0 aliphatic rings. The number of esters is 1. The van der Waals surface area contributed by atoms with Crippen LogP contribution in [0.5, 0.6) is 0 Å². The number of carbonyl (C=O) groups is 2. The minimum atomic E-state index is -0.689. The molecule has 0 saturated carbocycles. The van der Waals surface area contributed by atoms with Crippen LogP contribution < -0.4 is 5.32 Å². The van der Waals surface area contributed by atoms with E-state index in [4.69, 9.17) is 11.6 Å². The summed E-state index contributed by atoms with van der Waals surface area (Å²) in [6.45, 7) is 0. The zero-order chi connectivity index (χ0) is 15.4. The van der Waals surface area contributed by atoms with Crippen molar-refractivity contribution in [2.75, 3.05) is 12.4 Å². The number of carbonyl (C=O) groups excluding carboxylic acids is 2. The summed E-state index contributed by atoms with van der Waals surface area (Å²) in [7, 11) is 1.19.